The fourth-order valence-electron chi connectivity index (χ4n) is 1.45. The lowest BCUT2D eigenvalue weighted by Gasteiger charge is -2.12. The minimum absolute atomic E-state index is 0.231. The summed E-state index contributed by atoms with van der Waals surface area (Å²) in [6, 6.07) is 1.63. The number of hydrogen-bond acceptors (Lipinski definition) is 3. The molecule has 0 spiro atoms. The van der Waals surface area contributed by atoms with Crippen LogP contribution >= 0.6 is 11.8 Å². The van der Waals surface area contributed by atoms with E-state index >= 15 is 0 Å². The maximum Gasteiger partial charge on any atom is 0.254 e. The van der Waals surface area contributed by atoms with E-state index in [1.165, 1.54) is 0 Å². The highest BCUT2D eigenvalue weighted by Crippen LogP contribution is 2.16. The molecule has 18 heavy (non-hydrogen) atoms. The number of carbonyl (C=O) groups excluding carboxylic acids is 1. The molecule has 1 atom stereocenters. The number of nitrogen functional groups attached to an aromatic ring is 1. The molecule has 0 aliphatic carbocycles. The van der Waals surface area contributed by atoms with Crippen LogP contribution in [0.2, 0.25) is 0 Å². The van der Waals surface area contributed by atoms with E-state index in [2.05, 4.69) is 5.32 Å². The standard InChI is InChI=1S/C12H16F2N2OS/c1-7(6-18-2)5-16-12(17)8-3-11(15)10(14)4-9(8)13/h3-4,7H,5-6,15H2,1-2H3,(H,16,17). The van der Waals surface area contributed by atoms with Gasteiger partial charge in [-0.05, 0) is 24.0 Å². The van der Waals surface area contributed by atoms with Crippen molar-refractivity contribution < 1.29 is 13.6 Å². The van der Waals surface area contributed by atoms with Crippen molar-refractivity contribution in [3.8, 4) is 0 Å². The zero-order valence-electron chi connectivity index (χ0n) is 10.3. The van der Waals surface area contributed by atoms with Gasteiger partial charge in [0, 0.05) is 12.6 Å². The predicted molar refractivity (Wildman–Crippen MR) is 70.6 cm³/mol. The summed E-state index contributed by atoms with van der Waals surface area (Å²) >= 11 is 1.67. The van der Waals surface area contributed by atoms with Crippen LogP contribution in [-0.2, 0) is 0 Å². The molecule has 1 amide bonds. The summed E-state index contributed by atoms with van der Waals surface area (Å²) in [5.74, 6) is -1.16. The lowest BCUT2D eigenvalue weighted by molar-refractivity contribution is 0.0945. The van der Waals surface area contributed by atoms with Crippen molar-refractivity contribution in [2.75, 3.05) is 24.3 Å². The van der Waals surface area contributed by atoms with Crippen LogP contribution in [0.5, 0.6) is 0 Å². The van der Waals surface area contributed by atoms with E-state index in [1.807, 2.05) is 13.2 Å². The van der Waals surface area contributed by atoms with Crippen molar-refractivity contribution in [3.05, 3.63) is 29.3 Å². The minimum atomic E-state index is -0.906. The van der Waals surface area contributed by atoms with E-state index in [0.29, 0.717) is 12.6 Å². The van der Waals surface area contributed by atoms with Crippen LogP contribution in [-0.4, -0.2) is 24.5 Å². The molecule has 1 aromatic rings. The van der Waals surface area contributed by atoms with Crippen LogP contribution < -0.4 is 11.1 Å². The minimum Gasteiger partial charge on any atom is -0.396 e. The zero-order valence-corrected chi connectivity index (χ0v) is 11.1. The number of nitrogens with one attached hydrogen (secondary N) is 1. The molecule has 0 aromatic heterocycles. The number of carbonyl (C=O) groups is 1. The number of anilines is 1. The Morgan fingerprint density at radius 3 is 2.72 bits per heavy atom. The number of nitrogens with two attached hydrogens (primary N) is 1. The van der Waals surface area contributed by atoms with E-state index in [1.54, 1.807) is 11.8 Å². The van der Waals surface area contributed by atoms with Gasteiger partial charge in [0.15, 0.2) is 0 Å². The second-order valence-corrected chi connectivity index (χ2v) is 5.03. The Balaban J connectivity index is 2.70. The second-order valence-electron chi connectivity index (χ2n) is 4.12. The van der Waals surface area contributed by atoms with Crippen LogP contribution in [0, 0.1) is 17.6 Å². The Labute approximate surface area is 109 Å². The van der Waals surface area contributed by atoms with Crippen molar-refractivity contribution in [3.63, 3.8) is 0 Å². The van der Waals surface area contributed by atoms with Crippen LogP contribution in [0.25, 0.3) is 0 Å². The van der Waals surface area contributed by atoms with Crippen molar-refractivity contribution in [2.24, 2.45) is 5.92 Å². The first-order valence-electron chi connectivity index (χ1n) is 5.47. The van der Waals surface area contributed by atoms with E-state index in [-0.39, 0.29) is 17.2 Å². The molecule has 0 bridgehead atoms. The average Bonchev–Trinajstić information content (AvgIpc) is 2.31. The summed E-state index contributed by atoms with van der Waals surface area (Å²) < 4.78 is 26.3. The molecule has 0 saturated heterocycles. The van der Waals surface area contributed by atoms with Crippen molar-refractivity contribution in [1.82, 2.24) is 5.32 Å². The molecular formula is C12H16F2N2OS. The number of halogens is 2. The lowest BCUT2D eigenvalue weighted by atomic mass is 10.1. The topological polar surface area (TPSA) is 55.1 Å². The second kappa shape index (κ2) is 6.58. The van der Waals surface area contributed by atoms with Gasteiger partial charge in [-0.25, -0.2) is 8.78 Å². The molecule has 6 heteroatoms. The van der Waals surface area contributed by atoms with Gasteiger partial charge in [-0.3, -0.25) is 4.79 Å². The van der Waals surface area contributed by atoms with E-state index in [9.17, 15) is 13.6 Å². The van der Waals surface area contributed by atoms with E-state index in [0.717, 1.165) is 11.8 Å². The molecule has 0 aliphatic rings. The Kier molecular flexibility index (Phi) is 5.40. The maximum absolute atomic E-state index is 13.4. The summed E-state index contributed by atoms with van der Waals surface area (Å²) in [7, 11) is 0. The van der Waals surface area contributed by atoms with E-state index in [4.69, 9.17) is 5.73 Å². The molecule has 3 N–H and O–H groups in total. The Bertz CT molecular complexity index is 440. The van der Waals surface area contributed by atoms with Gasteiger partial charge in [0.1, 0.15) is 11.6 Å². The number of thioether (sulfide) groups is 1. The van der Waals surface area contributed by atoms with Gasteiger partial charge in [-0.2, -0.15) is 11.8 Å². The van der Waals surface area contributed by atoms with Gasteiger partial charge in [0.2, 0.25) is 0 Å². The zero-order chi connectivity index (χ0) is 13.7. The molecule has 0 heterocycles. The molecule has 0 saturated carbocycles. The number of benzene rings is 1. The summed E-state index contributed by atoms with van der Waals surface area (Å²) in [6.07, 6.45) is 1.97. The highest BCUT2D eigenvalue weighted by Gasteiger charge is 2.15. The highest BCUT2D eigenvalue weighted by molar-refractivity contribution is 7.98. The fourth-order valence-corrected chi connectivity index (χ4v) is 2.13. The Hall–Kier alpha value is -1.30. The summed E-state index contributed by atoms with van der Waals surface area (Å²) in [5.41, 5.74) is 4.84. The summed E-state index contributed by atoms with van der Waals surface area (Å²) in [4.78, 5) is 11.7. The predicted octanol–water partition coefficient (Wildman–Crippen LogP) is 2.28. The van der Waals surface area contributed by atoms with Gasteiger partial charge >= 0.3 is 0 Å². The molecule has 100 valence electrons. The number of hydrogen-bond donors (Lipinski definition) is 2. The first-order chi connectivity index (χ1) is 8.45. The van der Waals surface area contributed by atoms with Crippen LogP contribution in [0.4, 0.5) is 14.5 Å². The molecule has 0 aliphatic heterocycles. The maximum atomic E-state index is 13.4. The van der Waals surface area contributed by atoms with Crippen molar-refractivity contribution >= 4 is 23.4 Å². The lowest BCUT2D eigenvalue weighted by Crippen LogP contribution is -2.30. The van der Waals surface area contributed by atoms with E-state index < -0.39 is 17.5 Å². The molecule has 1 rings (SSSR count). The molecular weight excluding hydrogens is 258 g/mol. The Morgan fingerprint density at radius 2 is 2.11 bits per heavy atom. The first kappa shape index (κ1) is 14.8. The van der Waals surface area contributed by atoms with Crippen LogP contribution in [0.3, 0.4) is 0 Å². The van der Waals surface area contributed by atoms with Gasteiger partial charge in [-0.15, -0.1) is 0 Å². The Morgan fingerprint density at radius 1 is 1.44 bits per heavy atom. The SMILES string of the molecule is CSCC(C)CNC(=O)c1cc(N)c(F)cc1F. The van der Waals surface area contributed by atoms with Gasteiger partial charge in [-0.1, -0.05) is 6.92 Å². The largest absolute Gasteiger partial charge is 0.396 e. The smallest absolute Gasteiger partial charge is 0.254 e. The third-order valence-electron chi connectivity index (χ3n) is 2.39. The van der Waals surface area contributed by atoms with Gasteiger partial charge in [0.25, 0.3) is 5.91 Å². The molecule has 1 unspecified atom stereocenters. The fraction of sp³-hybridized carbons (Fsp3) is 0.417. The quantitative estimate of drug-likeness (QED) is 0.810. The number of amides is 1. The van der Waals surface area contributed by atoms with Crippen LogP contribution in [0.15, 0.2) is 12.1 Å². The van der Waals surface area contributed by atoms with Gasteiger partial charge < -0.3 is 11.1 Å². The molecule has 0 radical (unpaired) electrons. The van der Waals surface area contributed by atoms with Crippen LogP contribution in [0.1, 0.15) is 17.3 Å². The molecule has 3 nitrogen and oxygen atoms in total. The third-order valence-corrected chi connectivity index (χ3v) is 3.30. The highest BCUT2D eigenvalue weighted by atomic mass is 32.2. The summed E-state index contributed by atoms with van der Waals surface area (Å²) in [5, 5.41) is 2.60. The van der Waals surface area contributed by atoms with Gasteiger partial charge in [0.05, 0.1) is 11.3 Å². The molecule has 0 fully saturated rings. The first-order valence-corrected chi connectivity index (χ1v) is 6.86. The monoisotopic (exact) mass is 274 g/mol. The summed E-state index contributed by atoms with van der Waals surface area (Å²) in [6.45, 7) is 2.42. The number of rotatable bonds is 5. The average molecular weight is 274 g/mol. The van der Waals surface area contributed by atoms with Crippen molar-refractivity contribution in [2.45, 2.75) is 6.92 Å². The normalized spacial score (nSPS) is 12.2. The molecule has 1 aromatic carbocycles. The van der Waals surface area contributed by atoms with Crippen molar-refractivity contribution in [1.29, 1.82) is 0 Å². The third kappa shape index (κ3) is 3.87.